The zero-order valence-electron chi connectivity index (χ0n) is 12.3. The van der Waals surface area contributed by atoms with E-state index < -0.39 is 5.54 Å². The van der Waals surface area contributed by atoms with E-state index in [1.54, 1.807) is 25.1 Å². The summed E-state index contributed by atoms with van der Waals surface area (Å²) in [5.41, 5.74) is 0.874. The SMILES string of the molecule is CNC(C)(CCCSc1ncnc2nc[nH]c12)C(=O)OC. The lowest BCUT2D eigenvalue weighted by Crippen LogP contribution is -2.48. The number of hydrogen-bond acceptors (Lipinski definition) is 7. The van der Waals surface area contributed by atoms with Gasteiger partial charge in [0.1, 0.15) is 22.4 Å². The van der Waals surface area contributed by atoms with Gasteiger partial charge in [0.15, 0.2) is 5.65 Å². The van der Waals surface area contributed by atoms with Crippen molar-refractivity contribution in [1.82, 2.24) is 25.3 Å². The lowest BCUT2D eigenvalue weighted by Gasteiger charge is -2.25. The Morgan fingerprint density at radius 3 is 3.00 bits per heavy atom. The summed E-state index contributed by atoms with van der Waals surface area (Å²) >= 11 is 1.62. The normalized spacial score (nSPS) is 14.0. The Morgan fingerprint density at radius 2 is 2.29 bits per heavy atom. The predicted octanol–water partition coefficient (Wildman–Crippen LogP) is 1.38. The van der Waals surface area contributed by atoms with E-state index in [0.29, 0.717) is 12.1 Å². The second-order valence-corrected chi connectivity index (χ2v) is 5.89. The molecule has 0 bridgehead atoms. The minimum absolute atomic E-state index is 0.243. The Hall–Kier alpha value is -1.67. The summed E-state index contributed by atoms with van der Waals surface area (Å²) in [6.45, 7) is 1.85. The molecule has 2 N–H and O–H groups in total. The number of esters is 1. The van der Waals surface area contributed by atoms with Gasteiger partial charge in [0.2, 0.25) is 0 Å². The molecule has 2 heterocycles. The summed E-state index contributed by atoms with van der Waals surface area (Å²) in [5, 5.41) is 3.90. The number of fused-ring (bicyclic) bond motifs is 1. The third kappa shape index (κ3) is 3.51. The Balaban J connectivity index is 1.90. The molecule has 7 nitrogen and oxygen atoms in total. The molecule has 0 aromatic carbocycles. The maximum atomic E-state index is 11.7. The number of methoxy groups -OCH3 is 1. The second kappa shape index (κ2) is 6.86. The lowest BCUT2D eigenvalue weighted by molar-refractivity contribution is -0.148. The molecule has 21 heavy (non-hydrogen) atoms. The monoisotopic (exact) mass is 309 g/mol. The number of nitrogens with one attached hydrogen (secondary N) is 2. The fraction of sp³-hybridized carbons (Fsp3) is 0.538. The molecule has 0 aliphatic heterocycles. The van der Waals surface area contributed by atoms with Gasteiger partial charge in [0, 0.05) is 0 Å². The smallest absolute Gasteiger partial charge is 0.325 e. The molecule has 0 spiro atoms. The Labute approximate surface area is 127 Å². The number of imidazole rings is 1. The van der Waals surface area contributed by atoms with Crippen LogP contribution in [0.3, 0.4) is 0 Å². The average molecular weight is 309 g/mol. The molecule has 114 valence electrons. The molecule has 1 unspecified atom stereocenters. The number of thioether (sulfide) groups is 1. The van der Waals surface area contributed by atoms with E-state index in [1.807, 2.05) is 6.92 Å². The minimum atomic E-state index is -0.649. The molecule has 2 rings (SSSR count). The highest BCUT2D eigenvalue weighted by Gasteiger charge is 2.31. The molecule has 2 aromatic heterocycles. The molecule has 2 aromatic rings. The topological polar surface area (TPSA) is 92.8 Å². The summed E-state index contributed by atoms with van der Waals surface area (Å²) in [6, 6.07) is 0. The first-order chi connectivity index (χ1) is 10.1. The molecule has 1 atom stereocenters. The number of rotatable bonds is 7. The zero-order valence-corrected chi connectivity index (χ0v) is 13.2. The van der Waals surface area contributed by atoms with Crippen molar-refractivity contribution in [3.05, 3.63) is 12.7 Å². The largest absolute Gasteiger partial charge is 0.468 e. The van der Waals surface area contributed by atoms with E-state index in [2.05, 4.69) is 25.3 Å². The van der Waals surface area contributed by atoms with E-state index in [1.165, 1.54) is 13.4 Å². The molecule has 0 saturated carbocycles. The van der Waals surface area contributed by atoms with Crippen molar-refractivity contribution >= 4 is 28.9 Å². The van der Waals surface area contributed by atoms with Gasteiger partial charge in [-0.2, -0.15) is 0 Å². The van der Waals surface area contributed by atoms with Crippen LogP contribution in [0.5, 0.6) is 0 Å². The fourth-order valence-corrected chi connectivity index (χ4v) is 2.90. The van der Waals surface area contributed by atoms with Crippen LogP contribution in [0.1, 0.15) is 19.8 Å². The van der Waals surface area contributed by atoms with Crippen LogP contribution in [-0.2, 0) is 9.53 Å². The van der Waals surface area contributed by atoms with Crippen molar-refractivity contribution < 1.29 is 9.53 Å². The first kappa shape index (κ1) is 15.7. The van der Waals surface area contributed by atoms with E-state index in [9.17, 15) is 4.79 Å². The van der Waals surface area contributed by atoms with Crippen molar-refractivity contribution in [3.63, 3.8) is 0 Å². The van der Waals surface area contributed by atoms with Crippen LogP contribution in [-0.4, -0.2) is 51.4 Å². The molecule has 0 fully saturated rings. The van der Waals surface area contributed by atoms with Crippen molar-refractivity contribution in [2.45, 2.75) is 30.3 Å². The number of carbonyl (C=O) groups excluding carboxylic acids is 1. The highest BCUT2D eigenvalue weighted by Crippen LogP contribution is 2.24. The van der Waals surface area contributed by atoms with Crippen LogP contribution in [0.2, 0.25) is 0 Å². The average Bonchev–Trinajstić information content (AvgIpc) is 2.99. The number of likely N-dealkylation sites (N-methyl/N-ethyl adjacent to an activating group) is 1. The van der Waals surface area contributed by atoms with Gasteiger partial charge in [-0.05, 0) is 32.6 Å². The molecule has 0 saturated heterocycles. The van der Waals surface area contributed by atoms with Gasteiger partial charge in [-0.1, -0.05) is 0 Å². The van der Waals surface area contributed by atoms with Crippen molar-refractivity contribution in [2.24, 2.45) is 0 Å². The van der Waals surface area contributed by atoms with Gasteiger partial charge in [-0.15, -0.1) is 11.8 Å². The summed E-state index contributed by atoms with van der Waals surface area (Å²) < 4.78 is 4.83. The predicted molar refractivity (Wildman–Crippen MR) is 81.1 cm³/mol. The summed E-state index contributed by atoms with van der Waals surface area (Å²) in [6.07, 6.45) is 4.67. The summed E-state index contributed by atoms with van der Waals surface area (Å²) in [4.78, 5) is 27.2. The van der Waals surface area contributed by atoms with Gasteiger partial charge in [0.25, 0.3) is 0 Å². The Bertz CT molecular complexity index is 617. The molecular weight excluding hydrogens is 290 g/mol. The first-order valence-corrected chi connectivity index (χ1v) is 7.63. The van der Waals surface area contributed by atoms with Crippen molar-refractivity contribution in [1.29, 1.82) is 0 Å². The molecule has 0 aliphatic carbocycles. The number of ether oxygens (including phenoxy) is 1. The van der Waals surface area contributed by atoms with Crippen molar-refractivity contribution in [3.8, 4) is 0 Å². The third-order valence-corrected chi connectivity index (χ3v) is 4.51. The van der Waals surface area contributed by atoms with Gasteiger partial charge < -0.3 is 15.0 Å². The van der Waals surface area contributed by atoms with Crippen LogP contribution in [0, 0.1) is 0 Å². The molecule has 8 heteroatoms. The molecule has 0 radical (unpaired) electrons. The van der Waals surface area contributed by atoms with Crippen LogP contribution in [0.4, 0.5) is 0 Å². The highest BCUT2D eigenvalue weighted by molar-refractivity contribution is 7.99. The lowest BCUT2D eigenvalue weighted by atomic mass is 9.97. The maximum absolute atomic E-state index is 11.7. The fourth-order valence-electron chi connectivity index (χ4n) is 2.00. The van der Waals surface area contributed by atoms with Crippen LogP contribution in [0.15, 0.2) is 17.7 Å². The van der Waals surface area contributed by atoms with Gasteiger partial charge in [0.05, 0.1) is 13.4 Å². The maximum Gasteiger partial charge on any atom is 0.325 e. The summed E-state index contributed by atoms with van der Waals surface area (Å²) in [5.74, 6) is 0.604. The van der Waals surface area contributed by atoms with Crippen LogP contribution in [0.25, 0.3) is 11.2 Å². The van der Waals surface area contributed by atoms with E-state index in [0.717, 1.165) is 22.7 Å². The zero-order chi connectivity index (χ0) is 15.3. The Morgan fingerprint density at radius 1 is 1.48 bits per heavy atom. The quantitative estimate of drug-likeness (QED) is 0.345. The number of hydrogen-bond donors (Lipinski definition) is 2. The van der Waals surface area contributed by atoms with Crippen molar-refractivity contribution in [2.75, 3.05) is 19.9 Å². The third-order valence-electron chi connectivity index (χ3n) is 3.44. The number of aromatic amines is 1. The molecule has 0 aliphatic rings. The molecular formula is C13H19N5O2S. The number of aromatic nitrogens is 4. The van der Waals surface area contributed by atoms with Gasteiger partial charge in [-0.25, -0.2) is 15.0 Å². The van der Waals surface area contributed by atoms with E-state index in [4.69, 9.17) is 4.74 Å². The minimum Gasteiger partial charge on any atom is -0.468 e. The van der Waals surface area contributed by atoms with Crippen LogP contribution < -0.4 is 5.32 Å². The number of nitrogens with zero attached hydrogens (tertiary/aromatic N) is 3. The van der Waals surface area contributed by atoms with E-state index >= 15 is 0 Å². The molecule has 0 amide bonds. The Kier molecular flexibility index (Phi) is 5.13. The highest BCUT2D eigenvalue weighted by atomic mass is 32.2. The summed E-state index contributed by atoms with van der Waals surface area (Å²) in [7, 11) is 3.17. The first-order valence-electron chi connectivity index (χ1n) is 6.65. The standard InChI is InChI=1S/C13H19N5O2S/c1-13(14-2,12(19)20-3)5-4-6-21-11-9-10(16-7-15-9)17-8-18-11/h7-8,14H,4-6H2,1-3H3,(H,15,16,17,18). The van der Waals surface area contributed by atoms with E-state index in [-0.39, 0.29) is 5.97 Å². The number of carbonyl (C=O) groups is 1. The number of H-pyrrole nitrogens is 1. The second-order valence-electron chi connectivity index (χ2n) is 4.81. The van der Waals surface area contributed by atoms with Gasteiger partial charge in [-0.3, -0.25) is 4.79 Å². The van der Waals surface area contributed by atoms with Gasteiger partial charge >= 0.3 is 5.97 Å². The van der Waals surface area contributed by atoms with Crippen LogP contribution >= 0.6 is 11.8 Å².